The summed E-state index contributed by atoms with van der Waals surface area (Å²) in [7, 11) is 0. The van der Waals surface area contributed by atoms with Gasteiger partial charge in [0, 0.05) is 6.42 Å². The Morgan fingerprint density at radius 1 is 0.360 bits per heavy atom. The van der Waals surface area contributed by atoms with E-state index in [1.807, 2.05) is 6.08 Å². The maximum absolute atomic E-state index is 13.4. The third-order valence-electron chi connectivity index (χ3n) is 21.0. The molecule has 2 rings (SSSR count). The van der Waals surface area contributed by atoms with Crippen molar-refractivity contribution >= 4 is 5.91 Å². The van der Waals surface area contributed by atoms with Crippen molar-refractivity contribution in [2.24, 2.45) is 0 Å². The molecule has 2 heterocycles. The third kappa shape index (κ3) is 52.0. The SMILES string of the molecule is CCCCCCC/C=C\C/C=C\C/C=C\CCCCCCCCCCCCCCCCCCCCCCCCC(=O)NC(COC1OC(CO)C(OC2OC(CO)C(O)C(O)C2O)C(O)C1O)C(O)/C=C/CCCCCCCCCCCCCCCCCCCCCCCCCCCCC. The number of aliphatic hydroxyl groups is 8. The van der Waals surface area contributed by atoms with Crippen LogP contribution in [0.15, 0.2) is 48.6 Å². The summed E-state index contributed by atoms with van der Waals surface area (Å²) in [5.41, 5.74) is 0. The second-order valence-corrected chi connectivity index (χ2v) is 30.3. The molecule has 0 radical (unpaired) electrons. The van der Waals surface area contributed by atoms with Gasteiger partial charge in [0.1, 0.15) is 48.8 Å². The maximum Gasteiger partial charge on any atom is 0.220 e. The predicted molar refractivity (Wildman–Crippen MR) is 415 cm³/mol. The highest BCUT2D eigenvalue weighted by Crippen LogP contribution is 2.30. The smallest absolute Gasteiger partial charge is 0.220 e. The van der Waals surface area contributed by atoms with Gasteiger partial charge in [0.05, 0.1) is 32.0 Å². The summed E-state index contributed by atoms with van der Waals surface area (Å²) in [5, 5.41) is 87.8. The first-order chi connectivity index (χ1) is 49.1. The minimum atomic E-state index is -1.79. The van der Waals surface area contributed by atoms with E-state index in [-0.39, 0.29) is 18.9 Å². The number of allylic oxidation sites excluding steroid dienone is 7. The first-order valence-corrected chi connectivity index (χ1v) is 42.9. The number of aliphatic hydroxyl groups excluding tert-OH is 8. The quantitative estimate of drug-likeness (QED) is 0.0204. The van der Waals surface area contributed by atoms with Crippen LogP contribution in [0.4, 0.5) is 0 Å². The second-order valence-electron chi connectivity index (χ2n) is 30.3. The van der Waals surface area contributed by atoms with E-state index in [9.17, 15) is 45.6 Å². The van der Waals surface area contributed by atoms with Crippen molar-refractivity contribution in [3.63, 3.8) is 0 Å². The molecule has 2 fully saturated rings. The lowest BCUT2D eigenvalue weighted by atomic mass is 9.97. The number of carbonyl (C=O) groups excluding carboxylic acids is 1. The average Bonchev–Trinajstić information content (AvgIpc) is 0.791. The van der Waals surface area contributed by atoms with Crippen molar-refractivity contribution in [3.8, 4) is 0 Å². The van der Waals surface area contributed by atoms with Gasteiger partial charge >= 0.3 is 0 Å². The third-order valence-corrected chi connectivity index (χ3v) is 21.0. The zero-order valence-electron chi connectivity index (χ0n) is 64.7. The molecule has 2 saturated heterocycles. The van der Waals surface area contributed by atoms with Crippen LogP contribution >= 0.6 is 0 Å². The Kier molecular flexibility index (Phi) is 65.8. The van der Waals surface area contributed by atoms with Crippen LogP contribution in [-0.4, -0.2) is 140 Å². The first-order valence-electron chi connectivity index (χ1n) is 42.9. The van der Waals surface area contributed by atoms with Gasteiger partial charge in [-0.05, 0) is 57.8 Å². The molecule has 0 spiro atoms. The Morgan fingerprint density at radius 3 is 1.01 bits per heavy atom. The molecule has 2 aliphatic heterocycles. The van der Waals surface area contributed by atoms with Crippen LogP contribution in [-0.2, 0) is 23.7 Å². The number of hydrogen-bond acceptors (Lipinski definition) is 13. The number of amides is 1. The fraction of sp³-hybridized carbons (Fsp3) is 0.895. The Hall–Kier alpha value is -2.05. The molecular formula is C86H161NO13. The van der Waals surface area contributed by atoms with Gasteiger partial charge in [0.2, 0.25) is 5.91 Å². The molecule has 12 unspecified atom stereocenters. The van der Waals surface area contributed by atoms with Gasteiger partial charge in [-0.1, -0.05) is 383 Å². The first kappa shape index (κ1) is 94.0. The van der Waals surface area contributed by atoms with E-state index in [4.69, 9.17) is 18.9 Å². The molecule has 2 aliphatic rings. The van der Waals surface area contributed by atoms with Gasteiger partial charge in [-0.25, -0.2) is 0 Å². The van der Waals surface area contributed by atoms with E-state index < -0.39 is 86.8 Å². The Morgan fingerprint density at radius 2 is 0.660 bits per heavy atom. The number of hydrogen-bond donors (Lipinski definition) is 9. The molecule has 9 N–H and O–H groups in total. The van der Waals surface area contributed by atoms with E-state index in [0.717, 1.165) is 51.4 Å². The molecule has 588 valence electrons. The summed E-state index contributed by atoms with van der Waals surface area (Å²) in [5.74, 6) is -0.231. The molecule has 14 nitrogen and oxygen atoms in total. The van der Waals surface area contributed by atoms with Gasteiger partial charge < -0.3 is 65.1 Å². The van der Waals surface area contributed by atoms with Gasteiger partial charge in [-0.3, -0.25) is 4.79 Å². The summed E-state index contributed by atoms with van der Waals surface area (Å²) in [6.45, 7) is 2.86. The molecule has 0 bridgehead atoms. The van der Waals surface area contributed by atoms with Crippen LogP contribution in [0.5, 0.6) is 0 Å². The van der Waals surface area contributed by atoms with Crippen LogP contribution in [0.3, 0.4) is 0 Å². The minimum absolute atomic E-state index is 0.231. The molecule has 14 heteroatoms. The van der Waals surface area contributed by atoms with E-state index in [2.05, 4.69) is 55.6 Å². The molecule has 0 aliphatic carbocycles. The van der Waals surface area contributed by atoms with Gasteiger partial charge in [-0.2, -0.15) is 0 Å². The lowest BCUT2D eigenvalue weighted by Crippen LogP contribution is -2.65. The number of ether oxygens (including phenoxy) is 4. The Labute approximate surface area is 614 Å². The zero-order chi connectivity index (χ0) is 72.2. The summed E-state index contributed by atoms with van der Waals surface area (Å²) in [4.78, 5) is 13.4. The van der Waals surface area contributed by atoms with E-state index in [1.54, 1.807) is 6.08 Å². The maximum atomic E-state index is 13.4. The standard InChI is InChI=1S/C86H161NO13/c1-3-5-7-9-11-13-15-17-19-21-23-25-27-29-31-33-34-35-36-37-38-39-40-42-44-46-48-50-52-54-56-58-60-62-64-66-68-70-78(91)87-74(73-97-85-83(96)81(94)84(77(72-89)99-85)100-86-82(95)80(93)79(92)76(71-88)98-86)75(90)69-67-65-63-61-59-57-55-53-51-49-47-45-43-41-32-30-28-26-24-22-20-18-16-14-12-10-8-6-4-2/h15,17,21,23,27,29,67,69,74-77,79-86,88-90,92-96H,3-14,16,18-20,22,24-26,28,30-66,68,70-73H2,1-2H3,(H,87,91)/b17-15-,23-21-,29-27-,69-67+. The predicted octanol–water partition coefficient (Wildman–Crippen LogP) is 20.1. The molecule has 100 heavy (non-hydrogen) atoms. The Bertz CT molecular complexity index is 1870. The molecule has 1 amide bonds. The normalized spacial score (nSPS) is 22.0. The van der Waals surface area contributed by atoms with Gasteiger partial charge in [-0.15, -0.1) is 0 Å². The fourth-order valence-electron chi connectivity index (χ4n) is 14.2. The van der Waals surface area contributed by atoms with Crippen molar-refractivity contribution in [3.05, 3.63) is 48.6 Å². The molecule has 0 saturated carbocycles. The van der Waals surface area contributed by atoms with Crippen LogP contribution in [0, 0.1) is 0 Å². The monoisotopic (exact) mass is 1420 g/mol. The number of rotatable bonds is 73. The average molecular weight is 1420 g/mol. The van der Waals surface area contributed by atoms with E-state index in [0.29, 0.717) is 6.42 Å². The number of nitrogens with one attached hydrogen (secondary N) is 1. The Balaban J connectivity index is 1.58. The van der Waals surface area contributed by atoms with Crippen molar-refractivity contribution in [1.82, 2.24) is 5.32 Å². The van der Waals surface area contributed by atoms with Crippen molar-refractivity contribution < 1.29 is 64.6 Å². The largest absolute Gasteiger partial charge is 0.394 e. The van der Waals surface area contributed by atoms with Crippen molar-refractivity contribution in [2.75, 3.05) is 19.8 Å². The lowest BCUT2D eigenvalue weighted by Gasteiger charge is -2.46. The van der Waals surface area contributed by atoms with Crippen LogP contribution < -0.4 is 5.32 Å². The molecular weight excluding hydrogens is 1250 g/mol. The summed E-state index contributed by atoms with van der Waals surface area (Å²) >= 11 is 0. The molecule has 0 aromatic rings. The molecule has 0 aromatic carbocycles. The summed E-state index contributed by atoms with van der Waals surface area (Å²) in [6, 6.07) is -0.916. The zero-order valence-corrected chi connectivity index (χ0v) is 64.7. The van der Waals surface area contributed by atoms with Crippen LogP contribution in [0.1, 0.15) is 399 Å². The molecule has 12 atom stereocenters. The lowest BCUT2D eigenvalue weighted by molar-refractivity contribution is -0.359. The highest BCUT2D eigenvalue weighted by atomic mass is 16.7. The topological polar surface area (TPSA) is 228 Å². The van der Waals surface area contributed by atoms with Crippen molar-refractivity contribution in [2.45, 2.75) is 473 Å². The van der Waals surface area contributed by atoms with Gasteiger partial charge in [0.15, 0.2) is 12.6 Å². The van der Waals surface area contributed by atoms with Crippen LogP contribution in [0.25, 0.3) is 0 Å². The van der Waals surface area contributed by atoms with Crippen LogP contribution in [0.2, 0.25) is 0 Å². The fourth-order valence-corrected chi connectivity index (χ4v) is 14.2. The van der Waals surface area contributed by atoms with E-state index >= 15 is 0 Å². The van der Waals surface area contributed by atoms with Crippen molar-refractivity contribution in [1.29, 1.82) is 0 Å². The molecule has 0 aromatic heterocycles. The highest BCUT2D eigenvalue weighted by molar-refractivity contribution is 5.76. The summed E-state index contributed by atoms with van der Waals surface area (Å²) < 4.78 is 23.0. The second kappa shape index (κ2) is 70.0. The number of unbranched alkanes of at least 4 members (excludes halogenated alkanes) is 54. The minimum Gasteiger partial charge on any atom is -0.394 e. The highest BCUT2D eigenvalue weighted by Gasteiger charge is 2.51. The van der Waals surface area contributed by atoms with Gasteiger partial charge in [0.25, 0.3) is 0 Å². The summed E-state index contributed by atoms with van der Waals surface area (Å²) in [6.07, 6.45) is 77.8. The number of carbonyl (C=O) groups is 1. The van der Waals surface area contributed by atoms with E-state index in [1.165, 1.54) is 321 Å².